The zero-order valence-electron chi connectivity index (χ0n) is 12.8. The van der Waals surface area contributed by atoms with Gasteiger partial charge >= 0.3 is 0 Å². The van der Waals surface area contributed by atoms with E-state index in [1.54, 1.807) is 0 Å². The molecule has 1 heterocycles. The van der Waals surface area contributed by atoms with E-state index in [4.69, 9.17) is 4.74 Å². The molecule has 1 saturated heterocycles. The van der Waals surface area contributed by atoms with E-state index >= 15 is 0 Å². The molecule has 0 saturated carbocycles. The van der Waals surface area contributed by atoms with E-state index in [1.165, 1.54) is 0 Å². The second kappa shape index (κ2) is 8.64. The minimum Gasteiger partial charge on any atom is -0.492 e. The number of hydrogen-bond donors (Lipinski definition) is 1. The van der Waals surface area contributed by atoms with Crippen LogP contribution in [0.2, 0.25) is 0 Å². The van der Waals surface area contributed by atoms with E-state index < -0.39 is 0 Å². The molecule has 1 aromatic carbocycles. The van der Waals surface area contributed by atoms with Gasteiger partial charge in [0.1, 0.15) is 12.4 Å². The van der Waals surface area contributed by atoms with Gasteiger partial charge < -0.3 is 15.0 Å². The monoisotopic (exact) mass is 291 g/mol. The molecule has 5 heteroatoms. The molecule has 21 heavy (non-hydrogen) atoms. The van der Waals surface area contributed by atoms with Crippen LogP contribution in [0.15, 0.2) is 30.3 Å². The van der Waals surface area contributed by atoms with Crippen molar-refractivity contribution in [2.45, 2.75) is 6.92 Å². The zero-order valence-corrected chi connectivity index (χ0v) is 12.8. The molecule has 116 valence electrons. The van der Waals surface area contributed by atoms with Crippen LogP contribution in [0.5, 0.6) is 5.75 Å². The van der Waals surface area contributed by atoms with E-state index in [9.17, 15) is 4.79 Å². The van der Waals surface area contributed by atoms with Gasteiger partial charge in [-0.2, -0.15) is 0 Å². The molecule has 0 unspecified atom stereocenters. The summed E-state index contributed by atoms with van der Waals surface area (Å²) in [6.45, 7) is 8.86. The van der Waals surface area contributed by atoms with Crippen LogP contribution in [0.4, 0.5) is 0 Å². The van der Waals surface area contributed by atoms with E-state index in [2.05, 4.69) is 22.0 Å². The highest BCUT2D eigenvalue weighted by Crippen LogP contribution is 2.07. The summed E-state index contributed by atoms with van der Waals surface area (Å²) < 4.78 is 5.54. The highest BCUT2D eigenvalue weighted by Gasteiger charge is 2.17. The first-order valence-corrected chi connectivity index (χ1v) is 7.67. The Balaban J connectivity index is 1.56. The molecule has 5 nitrogen and oxygen atoms in total. The fourth-order valence-electron chi connectivity index (χ4n) is 2.40. The summed E-state index contributed by atoms with van der Waals surface area (Å²) in [4.78, 5) is 16.5. The lowest BCUT2D eigenvalue weighted by Crippen LogP contribution is -2.49. The lowest BCUT2D eigenvalue weighted by molar-refractivity contribution is -0.122. The van der Waals surface area contributed by atoms with Gasteiger partial charge in [0.2, 0.25) is 5.91 Å². The van der Waals surface area contributed by atoms with Crippen molar-refractivity contribution in [1.29, 1.82) is 0 Å². The molecule has 2 rings (SSSR count). The van der Waals surface area contributed by atoms with Crippen molar-refractivity contribution in [3.8, 4) is 5.75 Å². The van der Waals surface area contributed by atoms with Gasteiger partial charge in [-0.05, 0) is 18.7 Å². The maximum atomic E-state index is 11.9. The summed E-state index contributed by atoms with van der Waals surface area (Å²) in [6.07, 6.45) is 0. The Hall–Kier alpha value is -1.59. The molecule has 1 fully saturated rings. The number of likely N-dealkylation sites (N-methyl/N-ethyl adjacent to an activating group) is 1. The van der Waals surface area contributed by atoms with Crippen molar-refractivity contribution in [2.24, 2.45) is 0 Å². The van der Waals surface area contributed by atoms with Crippen LogP contribution in [0.25, 0.3) is 0 Å². The number of amides is 1. The Morgan fingerprint density at radius 1 is 1.14 bits per heavy atom. The largest absolute Gasteiger partial charge is 0.492 e. The summed E-state index contributed by atoms with van der Waals surface area (Å²) in [5.41, 5.74) is 0. The molecular weight excluding hydrogens is 266 g/mol. The lowest BCUT2D eigenvalue weighted by Gasteiger charge is -2.33. The van der Waals surface area contributed by atoms with Crippen LogP contribution in [0, 0.1) is 0 Å². The molecule has 0 bridgehead atoms. The smallest absolute Gasteiger partial charge is 0.234 e. The first-order chi connectivity index (χ1) is 10.3. The van der Waals surface area contributed by atoms with Gasteiger partial charge in [-0.3, -0.25) is 9.69 Å². The van der Waals surface area contributed by atoms with Crippen LogP contribution in [0.1, 0.15) is 6.92 Å². The van der Waals surface area contributed by atoms with Crippen molar-refractivity contribution in [3.63, 3.8) is 0 Å². The van der Waals surface area contributed by atoms with Crippen molar-refractivity contribution >= 4 is 5.91 Å². The van der Waals surface area contributed by atoms with Crippen molar-refractivity contribution < 1.29 is 9.53 Å². The van der Waals surface area contributed by atoms with Crippen molar-refractivity contribution in [2.75, 3.05) is 52.4 Å². The minimum absolute atomic E-state index is 0.0802. The van der Waals surface area contributed by atoms with Crippen LogP contribution in [-0.2, 0) is 4.79 Å². The third-order valence-corrected chi connectivity index (χ3v) is 3.72. The number of carbonyl (C=O) groups is 1. The Bertz CT molecular complexity index is 417. The first-order valence-electron chi connectivity index (χ1n) is 7.67. The number of para-hydroxylation sites is 1. The molecule has 1 amide bonds. The van der Waals surface area contributed by atoms with Gasteiger partial charge in [0.05, 0.1) is 13.1 Å². The number of hydrogen-bond acceptors (Lipinski definition) is 4. The number of nitrogens with zero attached hydrogens (tertiary/aromatic N) is 2. The van der Waals surface area contributed by atoms with Gasteiger partial charge in [-0.15, -0.1) is 0 Å². The summed E-state index contributed by atoms with van der Waals surface area (Å²) in [5.74, 6) is 0.916. The summed E-state index contributed by atoms with van der Waals surface area (Å²) >= 11 is 0. The highest BCUT2D eigenvalue weighted by molar-refractivity contribution is 5.78. The number of benzene rings is 1. The van der Waals surface area contributed by atoms with Gasteiger partial charge in [-0.1, -0.05) is 25.1 Å². The van der Waals surface area contributed by atoms with Crippen LogP contribution < -0.4 is 10.1 Å². The van der Waals surface area contributed by atoms with E-state index in [0.29, 0.717) is 19.7 Å². The van der Waals surface area contributed by atoms with Gasteiger partial charge in [0.25, 0.3) is 0 Å². The average molecular weight is 291 g/mol. The van der Waals surface area contributed by atoms with Gasteiger partial charge in [-0.25, -0.2) is 0 Å². The second-order valence-corrected chi connectivity index (χ2v) is 5.22. The van der Waals surface area contributed by atoms with E-state index in [-0.39, 0.29) is 5.91 Å². The quantitative estimate of drug-likeness (QED) is 0.756. The summed E-state index contributed by atoms with van der Waals surface area (Å²) in [6, 6.07) is 9.64. The highest BCUT2D eigenvalue weighted by atomic mass is 16.5. The molecule has 1 aliphatic heterocycles. The summed E-state index contributed by atoms with van der Waals surface area (Å²) in [7, 11) is 0. The SMILES string of the molecule is CCN1CCN(CC(=O)NCCOc2ccccc2)CC1. The minimum atomic E-state index is 0.0802. The number of rotatable bonds is 7. The lowest BCUT2D eigenvalue weighted by atomic mass is 10.3. The maximum Gasteiger partial charge on any atom is 0.234 e. The normalized spacial score (nSPS) is 16.6. The van der Waals surface area contributed by atoms with E-state index in [0.717, 1.165) is 38.5 Å². The number of carbonyl (C=O) groups excluding carboxylic acids is 1. The molecule has 0 spiro atoms. The fourth-order valence-corrected chi connectivity index (χ4v) is 2.40. The number of nitrogens with one attached hydrogen (secondary N) is 1. The fraction of sp³-hybridized carbons (Fsp3) is 0.562. The molecule has 1 N–H and O–H groups in total. The first kappa shape index (κ1) is 15.8. The van der Waals surface area contributed by atoms with Crippen LogP contribution in [0.3, 0.4) is 0 Å². The Morgan fingerprint density at radius 3 is 2.48 bits per heavy atom. The molecule has 1 aliphatic rings. The zero-order chi connectivity index (χ0) is 14.9. The molecule has 0 atom stereocenters. The molecule has 0 aliphatic carbocycles. The van der Waals surface area contributed by atoms with Crippen LogP contribution in [-0.4, -0.2) is 68.1 Å². The molecular formula is C16H25N3O2. The van der Waals surface area contributed by atoms with Gasteiger partial charge in [0.15, 0.2) is 0 Å². The summed E-state index contributed by atoms with van der Waals surface area (Å²) in [5, 5.41) is 2.91. The third kappa shape index (κ3) is 5.73. The van der Waals surface area contributed by atoms with E-state index in [1.807, 2.05) is 30.3 Å². The van der Waals surface area contributed by atoms with Crippen molar-refractivity contribution in [3.05, 3.63) is 30.3 Å². The topological polar surface area (TPSA) is 44.8 Å². The third-order valence-electron chi connectivity index (χ3n) is 3.72. The number of ether oxygens (including phenoxy) is 1. The standard InChI is InChI=1S/C16H25N3O2/c1-2-18-9-11-19(12-10-18)14-16(20)17-8-13-21-15-6-4-3-5-7-15/h3-7H,2,8-14H2,1H3,(H,17,20). The Morgan fingerprint density at radius 2 is 1.81 bits per heavy atom. The number of piperazine rings is 1. The maximum absolute atomic E-state index is 11.9. The molecule has 0 aromatic heterocycles. The molecule has 0 radical (unpaired) electrons. The Kier molecular flexibility index (Phi) is 6.50. The van der Waals surface area contributed by atoms with Crippen LogP contribution >= 0.6 is 0 Å². The Labute approximate surface area is 126 Å². The van der Waals surface area contributed by atoms with Gasteiger partial charge in [0, 0.05) is 26.2 Å². The average Bonchev–Trinajstić information content (AvgIpc) is 2.53. The molecule has 1 aromatic rings. The predicted octanol–water partition coefficient (Wildman–Crippen LogP) is 0.819. The second-order valence-electron chi connectivity index (χ2n) is 5.22. The predicted molar refractivity (Wildman–Crippen MR) is 83.5 cm³/mol. The van der Waals surface area contributed by atoms with Crippen molar-refractivity contribution in [1.82, 2.24) is 15.1 Å².